The maximum absolute atomic E-state index is 11.0. The lowest BCUT2D eigenvalue weighted by Gasteiger charge is -2.26. The Balaban J connectivity index is 1.89. The Morgan fingerprint density at radius 2 is 2.06 bits per heavy atom. The SMILES string of the molecule is O=S(=O)(Cl)c1cn(CCN2CCOCC2)cn1. The van der Waals surface area contributed by atoms with Gasteiger partial charge in [-0.25, -0.2) is 13.4 Å². The first-order valence-electron chi connectivity index (χ1n) is 5.32. The highest BCUT2D eigenvalue weighted by molar-refractivity contribution is 8.13. The zero-order chi connectivity index (χ0) is 12.3. The minimum Gasteiger partial charge on any atom is -0.379 e. The van der Waals surface area contributed by atoms with E-state index in [2.05, 4.69) is 9.88 Å². The van der Waals surface area contributed by atoms with Crippen LogP contribution in [0.15, 0.2) is 17.6 Å². The largest absolute Gasteiger partial charge is 0.379 e. The number of hydrogen-bond donors (Lipinski definition) is 0. The van der Waals surface area contributed by atoms with Crippen molar-refractivity contribution in [1.29, 1.82) is 0 Å². The monoisotopic (exact) mass is 279 g/mol. The van der Waals surface area contributed by atoms with Gasteiger partial charge in [-0.2, -0.15) is 0 Å². The van der Waals surface area contributed by atoms with E-state index in [4.69, 9.17) is 15.4 Å². The van der Waals surface area contributed by atoms with Crippen LogP contribution in [0.5, 0.6) is 0 Å². The second-order valence-electron chi connectivity index (χ2n) is 3.84. The van der Waals surface area contributed by atoms with Crippen LogP contribution in [0, 0.1) is 0 Å². The minimum atomic E-state index is -3.72. The zero-order valence-electron chi connectivity index (χ0n) is 9.25. The van der Waals surface area contributed by atoms with Crippen LogP contribution < -0.4 is 0 Å². The molecule has 1 aliphatic rings. The van der Waals surface area contributed by atoms with Crippen LogP contribution in [0.25, 0.3) is 0 Å². The number of morpholine rings is 1. The molecule has 17 heavy (non-hydrogen) atoms. The summed E-state index contributed by atoms with van der Waals surface area (Å²) in [6.07, 6.45) is 2.93. The Hall–Kier alpha value is -0.630. The Kier molecular flexibility index (Phi) is 4.03. The predicted molar refractivity (Wildman–Crippen MR) is 62.5 cm³/mol. The summed E-state index contributed by atoms with van der Waals surface area (Å²) in [5, 5.41) is -0.0962. The van der Waals surface area contributed by atoms with E-state index in [-0.39, 0.29) is 5.03 Å². The summed E-state index contributed by atoms with van der Waals surface area (Å²) in [6.45, 7) is 4.88. The lowest BCUT2D eigenvalue weighted by Crippen LogP contribution is -2.38. The standard InChI is InChI=1S/C9H14ClN3O3S/c10-17(14,15)9-7-13(8-11-9)2-1-12-3-5-16-6-4-12/h7-8H,1-6H2. The molecule has 6 nitrogen and oxygen atoms in total. The lowest BCUT2D eigenvalue weighted by molar-refractivity contribution is 0.0364. The van der Waals surface area contributed by atoms with Gasteiger partial charge in [-0.3, -0.25) is 4.90 Å². The highest BCUT2D eigenvalue weighted by atomic mass is 35.7. The third kappa shape index (κ3) is 3.67. The van der Waals surface area contributed by atoms with Gasteiger partial charge in [0.1, 0.15) is 0 Å². The summed E-state index contributed by atoms with van der Waals surface area (Å²) >= 11 is 0. The maximum Gasteiger partial charge on any atom is 0.280 e. The molecule has 1 aromatic heterocycles. The maximum atomic E-state index is 11.0. The summed E-state index contributed by atoms with van der Waals surface area (Å²) in [6, 6.07) is 0. The smallest absolute Gasteiger partial charge is 0.280 e. The molecule has 0 saturated carbocycles. The van der Waals surface area contributed by atoms with Crippen LogP contribution in [0.3, 0.4) is 0 Å². The van der Waals surface area contributed by atoms with Gasteiger partial charge in [-0.05, 0) is 0 Å². The minimum absolute atomic E-state index is 0.0962. The van der Waals surface area contributed by atoms with Gasteiger partial charge in [-0.1, -0.05) is 0 Å². The molecular weight excluding hydrogens is 266 g/mol. The lowest BCUT2D eigenvalue weighted by atomic mass is 10.4. The number of imidazole rings is 1. The Bertz CT molecular complexity index is 468. The molecule has 2 heterocycles. The molecule has 0 aliphatic carbocycles. The fourth-order valence-electron chi connectivity index (χ4n) is 1.67. The van der Waals surface area contributed by atoms with E-state index in [9.17, 15) is 8.42 Å². The number of nitrogens with zero attached hydrogens (tertiary/aromatic N) is 3. The molecule has 1 fully saturated rings. The zero-order valence-corrected chi connectivity index (χ0v) is 10.8. The van der Waals surface area contributed by atoms with Gasteiger partial charge >= 0.3 is 0 Å². The Morgan fingerprint density at radius 1 is 1.35 bits per heavy atom. The third-order valence-corrected chi connectivity index (χ3v) is 3.82. The van der Waals surface area contributed by atoms with Crippen LogP contribution in [0.1, 0.15) is 0 Å². The molecule has 1 aliphatic heterocycles. The fourth-order valence-corrected chi connectivity index (χ4v) is 2.34. The number of rotatable bonds is 4. The summed E-state index contributed by atoms with van der Waals surface area (Å²) in [7, 11) is 1.47. The van der Waals surface area contributed by atoms with E-state index in [0.717, 1.165) is 32.8 Å². The first-order valence-corrected chi connectivity index (χ1v) is 7.63. The van der Waals surface area contributed by atoms with E-state index < -0.39 is 9.05 Å². The topological polar surface area (TPSA) is 64.4 Å². The van der Waals surface area contributed by atoms with E-state index in [0.29, 0.717) is 6.54 Å². The summed E-state index contributed by atoms with van der Waals surface area (Å²) in [4.78, 5) is 6.01. The van der Waals surface area contributed by atoms with Gasteiger partial charge in [0.15, 0.2) is 5.03 Å². The highest BCUT2D eigenvalue weighted by Gasteiger charge is 2.14. The first kappa shape index (κ1) is 12.8. The van der Waals surface area contributed by atoms with Gasteiger partial charge in [-0.15, -0.1) is 0 Å². The second-order valence-corrected chi connectivity index (χ2v) is 6.35. The van der Waals surface area contributed by atoms with Crippen LogP contribution in [-0.2, 0) is 20.3 Å². The molecule has 0 amide bonds. The molecular formula is C9H14ClN3O3S. The highest BCUT2D eigenvalue weighted by Crippen LogP contribution is 2.11. The van der Waals surface area contributed by atoms with Crippen LogP contribution in [-0.4, -0.2) is 55.7 Å². The molecule has 0 radical (unpaired) electrons. The van der Waals surface area contributed by atoms with Crippen LogP contribution in [0.4, 0.5) is 0 Å². The second kappa shape index (κ2) is 5.34. The van der Waals surface area contributed by atoms with Gasteiger partial charge in [0.2, 0.25) is 0 Å². The average Bonchev–Trinajstić information content (AvgIpc) is 2.76. The number of ether oxygens (including phenoxy) is 1. The molecule has 0 bridgehead atoms. The number of hydrogen-bond acceptors (Lipinski definition) is 5. The van der Waals surface area contributed by atoms with Crippen molar-refractivity contribution in [3.8, 4) is 0 Å². The van der Waals surface area contributed by atoms with E-state index in [1.54, 1.807) is 4.57 Å². The molecule has 8 heteroatoms. The Labute approximate surface area is 105 Å². The molecule has 0 aromatic carbocycles. The van der Waals surface area contributed by atoms with Crippen molar-refractivity contribution in [3.05, 3.63) is 12.5 Å². The third-order valence-electron chi connectivity index (χ3n) is 2.64. The summed E-state index contributed by atoms with van der Waals surface area (Å²) < 4.78 is 29.0. The molecule has 0 spiro atoms. The molecule has 0 unspecified atom stereocenters. The van der Waals surface area contributed by atoms with Gasteiger partial charge in [0, 0.05) is 43.1 Å². The number of aromatic nitrogens is 2. The summed E-state index contributed by atoms with van der Waals surface area (Å²) in [5.41, 5.74) is 0. The molecule has 2 rings (SSSR count). The molecule has 0 N–H and O–H groups in total. The Morgan fingerprint density at radius 3 is 2.65 bits per heavy atom. The quantitative estimate of drug-likeness (QED) is 0.734. The van der Waals surface area contributed by atoms with Crippen LogP contribution >= 0.6 is 10.7 Å². The number of halogens is 1. The fraction of sp³-hybridized carbons (Fsp3) is 0.667. The predicted octanol–water partition coefficient (Wildman–Crippen LogP) is 0.143. The van der Waals surface area contributed by atoms with Crippen molar-refractivity contribution < 1.29 is 13.2 Å². The normalized spacial score (nSPS) is 18.4. The van der Waals surface area contributed by atoms with Crippen molar-refractivity contribution in [1.82, 2.24) is 14.5 Å². The van der Waals surface area contributed by atoms with Gasteiger partial charge in [0.05, 0.1) is 19.5 Å². The molecule has 1 aromatic rings. The average molecular weight is 280 g/mol. The molecule has 96 valence electrons. The van der Waals surface area contributed by atoms with Gasteiger partial charge in [0.25, 0.3) is 9.05 Å². The van der Waals surface area contributed by atoms with Crippen LogP contribution in [0.2, 0.25) is 0 Å². The van der Waals surface area contributed by atoms with Gasteiger partial charge < -0.3 is 9.30 Å². The van der Waals surface area contributed by atoms with Crippen molar-refractivity contribution in [2.45, 2.75) is 11.6 Å². The van der Waals surface area contributed by atoms with E-state index in [1.165, 1.54) is 12.5 Å². The first-order chi connectivity index (χ1) is 8.05. The van der Waals surface area contributed by atoms with E-state index >= 15 is 0 Å². The van der Waals surface area contributed by atoms with E-state index in [1.807, 2.05) is 0 Å². The van der Waals surface area contributed by atoms with Crippen molar-refractivity contribution >= 4 is 19.7 Å². The van der Waals surface area contributed by atoms with Crippen molar-refractivity contribution in [2.75, 3.05) is 32.8 Å². The molecule has 1 saturated heterocycles. The van der Waals surface area contributed by atoms with Crippen molar-refractivity contribution in [3.63, 3.8) is 0 Å². The van der Waals surface area contributed by atoms with Crippen molar-refractivity contribution in [2.24, 2.45) is 0 Å². The summed E-state index contributed by atoms with van der Waals surface area (Å²) in [5.74, 6) is 0. The molecule has 0 atom stereocenters.